The van der Waals surface area contributed by atoms with E-state index in [1.165, 1.54) is 23.3 Å². The van der Waals surface area contributed by atoms with Crippen LogP contribution in [0, 0.1) is 5.92 Å². The SMILES string of the molecule is CCOc1c(\C(CC)=C(F)/C=C/C(C)=C/C(=O)[O-])cc2c(c1Br)C(C)(C)CC=C2C(C)CC. The zero-order valence-corrected chi connectivity index (χ0v) is 22.4. The van der Waals surface area contributed by atoms with Crippen LogP contribution in [0.1, 0.15) is 84.4 Å². The Hall–Kier alpha value is -2.14. The summed E-state index contributed by atoms with van der Waals surface area (Å²) in [7, 11) is 0. The summed E-state index contributed by atoms with van der Waals surface area (Å²) in [5, 5.41) is 10.8. The summed E-state index contributed by atoms with van der Waals surface area (Å²) in [4.78, 5) is 10.8. The molecular formula is C28H35BrFO3-. The van der Waals surface area contributed by atoms with Gasteiger partial charge in [0.05, 0.1) is 17.0 Å². The molecule has 0 aromatic heterocycles. The molecule has 1 atom stereocenters. The number of carbonyl (C=O) groups excluding carboxylic acids is 1. The number of rotatable bonds is 9. The van der Waals surface area contributed by atoms with Crippen molar-refractivity contribution < 1.29 is 19.0 Å². The van der Waals surface area contributed by atoms with E-state index in [0.717, 1.165) is 34.5 Å². The maximum absolute atomic E-state index is 15.4. The van der Waals surface area contributed by atoms with Gasteiger partial charge in [-0.05, 0) is 106 Å². The normalized spacial score (nSPS) is 17.4. The average Bonchev–Trinajstić information content (AvgIpc) is 2.73. The van der Waals surface area contributed by atoms with Gasteiger partial charge < -0.3 is 14.6 Å². The first-order chi connectivity index (χ1) is 15.5. The Morgan fingerprint density at radius 1 is 1.30 bits per heavy atom. The van der Waals surface area contributed by atoms with Gasteiger partial charge in [0.2, 0.25) is 0 Å². The second-order valence-electron chi connectivity index (χ2n) is 9.20. The van der Waals surface area contributed by atoms with Crippen molar-refractivity contribution in [3.63, 3.8) is 0 Å². The van der Waals surface area contributed by atoms with Gasteiger partial charge in [0.1, 0.15) is 11.6 Å². The fourth-order valence-electron chi connectivity index (χ4n) is 4.32. The topological polar surface area (TPSA) is 49.4 Å². The van der Waals surface area contributed by atoms with Gasteiger partial charge in [-0.1, -0.05) is 46.8 Å². The number of carboxylic acid groups (broad SMARTS) is 1. The molecule has 180 valence electrons. The number of hydrogen-bond acceptors (Lipinski definition) is 3. The van der Waals surface area contributed by atoms with Gasteiger partial charge in [-0.25, -0.2) is 4.39 Å². The minimum atomic E-state index is -1.30. The molecule has 2 rings (SSSR count). The Labute approximate surface area is 206 Å². The lowest BCUT2D eigenvalue weighted by molar-refractivity contribution is -0.297. The molecule has 1 aromatic rings. The molecule has 0 spiro atoms. The van der Waals surface area contributed by atoms with Crippen LogP contribution in [-0.2, 0) is 10.2 Å². The predicted octanol–water partition coefficient (Wildman–Crippen LogP) is 7.30. The Bertz CT molecular complexity index is 1030. The first-order valence-corrected chi connectivity index (χ1v) is 12.4. The van der Waals surface area contributed by atoms with E-state index in [1.54, 1.807) is 6.92 Å². The molecule has 0 amide bonds. The lowest BCUT2D eigenvalue weighted by Crippen LogP contribution is -2.24. The molecule has 1 aromatic carbocycles. The highest BCUT2D eigenvalue weighted by atomic mass is 79.9. The molecule has 0 saturated carbocycles. The van der Waals surface area contributed by atoms with Crippen molar-refractivity contribution in [2.75, 3.05) is 6.61 Å². The quantitative estimate of drug-likeness (QED) is 0.255. The minimum absolute atomic E-state index is 0.0865. The first kappa shape index (κ1) is 27.1. The van der Waals surface area contributed by atoms with E-state index in [-0.39, 0.29) is 5.41 Å². The predicted molar refractivity (Wildman–Crippen MR) is 137 cm³/mol. The van der Waals surface area contributed by atoms with Crippen LogP contribution in [0.5, 0.6) is 5.75 Å². The number of aliphatic carboxylic acids is 1. The van der Waals surface area contributed by atoms with Crippen molar-refractivity contribution in [1.82, 2.24) is 0 Å². The van der Waals surface area contributed by atoms with Gasteiger partial charge in [0.15, 0.2) is 0 Å². The number of carboxylic acids is 1. The summed E-state index contributed by atoms with van der Waals surface area (Å²) >= 11 is 3.83. The fraction of sp³-hybridized carbons (Fsp3) is 0.464. The summed E-state index contributed by atoms with van der Waals surface area (Å²) in [5.41, 5.74) is 5.19. The monoisotopic (exact) mass is 517 g/mol. The summed E-state index contributed by atoms with van der Waals surface area (Å²) in [6.45, 7) is 14.7. The molecule has 0 bridgehead atoms. The number of hydrogen-bond donors (Lipinski definition) is 0. The van der Waals surface area contributed by atoms with Crippen molar-refractivity contribution in [2.45, 2.75) is 73.1 Å². The van der Waals surface area contributed by atoms with Gasteiger partial charge in [-0.15, -0.1) is 0 Å². The second-order valence-corrected chi connectivity index (χ2v) is 9.99. The highest BCUT2D eigenvalue weighted by molar-refractivity contribution is 9.10. The van der Waals surface area contributed by atoms with E-state index in [2.05, 4.69) is 55.8 Å². The number of carbonyl (C=O) groups is 1. The lowest BCUT2D eigenvalue weighted by atomic mass is 9.70. The summed E-state index contributed by atoms with van der Waals surface area (Å²) in [6, 6.07) is 2.08. The van der Waals surface area contributed by atoms with Crippen LogP contribution in [0.25, 0.3) is 11.1 Å². The highest BCUT2D eigenvalue weighted by Crippen LogP contribution is 2.51. The third-order valence-electron chi connectivity index (χ3n) is 6.28. The van der Waals surface area contributed by atoms with E-state index >= 15 is 4.39 Å². The molecule has 0 aliphatic heterocycles. The summed E-state index contributed by atoms with van der Waals surface area (Å²) in [6.07, 6.45) is 8.43. The molecule has 1 aliphatic carbocycles. The van der Waals surface area contributed by atoms with Gasteiger partial charge >= 0.3 is 0 Å². The number of fused-ring (bicyclic) bond motifs is 1. The van der Waals surface area contributed by atoms with Crippen LogP contribution >= 0.6 is 15.9 Å². The number of halogens is 2. The van der Waals surface area contributed by atoms with Crippen molar-refractivity contribution in [3.05, 3.63) is 62.9 Å². The highest BCUT2D eigenvalue weighted by Gasteiger charge is 2.34. The number of benzene rings is 1. The fourth-order valence-corrected chi connectivity index (χ4v) is 5.40. The van der Waals surface area contributed by atoms with E-state index in [9.17, 15) is 9.90 Å². The zero-order valence-electron chi connectivity index (χ0n) is 20.8. The lowest BCUT2D eigenvalue weighted by Gasteiger charge is -2.36. The Morgan fingerprint density at radius 2 is 1.97 bits per heavy atom. The molecule has 5 heteroatoms. The number of allylic oxidation sites excluding steroid dienone is 7. The van der Waals surface area contributed by atoms with Crippen LogP contribution < -0.4 is 9.84 Å². The minimum Gasteiger partial charge on any atom is -0.545 e. The zero-order chi connectivity index (χ0) is 24.9. The molecule has 3 nitrogen and oxygen atoms in total. The summed E-state index contributed by atoms with van der Waals surface area (Å²) in [5.74, 6) is -0.687. The summed E-state index contributed by atoms with van der Waals surface area (Å²) < 4.78 is 22.4. The van der Waals surface area contributed by atoms with Crippen LogP contribution in [0.4, 0.5) is 4.39 Å². The van der Waals surface area contributed by atoms with Crippen LogP contribution in [0.2, 0.25) is 0 Å². The molecule has 0 fully saturated rings. The molecule has 33 heavy (non-hydrogen) atoms. The standard InChI is InChI=1S/C28H36BrFO3/c1-8-18(5)20-13-14-28(6,7)25-21(20)16-22(27(26(25)29)33-10-3)19(9-2)23(30)12-11-17(4)15-24(31)32/h11-13,15-16,18H,8-10,14H2,1-7H3,(H,31,32)/p-1/b12-11+,17-15+,23-19+. The van der Waals surface area contributed by atoms with E-state index in [0.29, 0.717) is 35.8 Å². The molecular weight excluding hydrogens is 483 g/mol. The Balaban J connectivity index is 2.82. The van der Waals surface area contributed by atoms with Crippen molar-refractivity contribution in [2.24, 2.45) is 5.92 Å². The van der Waals surface area contributed by atoms with Crippen LogP contribution in [0.3, 0.4) is 0 Å². The molecule has 1 unspecified atom stereocenters. The van der Waals surface area contributed by atoms with Crippen molar-refractivity contribution in [3.8, 4) is 5.75 Å². The third kappa shape index (κ3) is 6.06. The molecule has 0 heterocycles. The maximum atomic E-state index is 15.4. The third-order valence-corrected chi connectivity index (χ3v) is 7.04. The van der Waals surface area contributed by atoms with Gasteiger partial charge in [0, 0.05) is 5.56 Å². The second kappa shape index (κ2) is 11.3. The smallest absolute Gasteiger partial charge is 0.141 e. The Kier molecular flexibility index (Phi) is 9.30. The first-order valence-electron chi connectivity index (χ1n) is 11.6. The van der Waals surface area contributed by atoms with Crippen LogP contribution in [-0.4, -0.2) is 12.6 Å². The molecule has 1 aliphatic rings. The van der Waals surface area contributed by atoms with Crippen molar-refractivity contribution >= 4 is 33.0 Å². The molecule has 0 saturated heterocycles. The van der Waals surface area contributed by atoms with Crippen LogP contribution in [0.15, 0.2) is 46.2 Å². The maximum Gasteiger partial charge on any atom is 0.141 e. The Morgan fingerprint density at radius 3 is 2.52 bits per heavy atom. The number of ether oxygens (including phenoxy) is 1. The van der Waals surface area contributed by atoms with E-state index < -0.39 is 11.8 Å². The van der Waals surface area contributed by atoms with E-state index in [1.807, 2.05) is 13.8 Å². The van der Waals surface area contributed by atoms with Gasteiger partial charge in [-0.3, -0.25) is 0 Å². The molecule has 0 radical (unpaired) electrons. The van der Waals surface area contributed by atoms with Gasteiger partial charge in [0.25, 0.3) is 0 Å². The van der Waals surface area contributed by atoms with Crippen molar-refractivity contribution in [1.29, 1.82) is 0 Å². The van der Waals surface area contributed by atoms with Gasteiger partial charge in [-0.2, -0.15) is 0 Å². The largest absolute Gasteiger partial charge is 0.545 e. The molecule has 0 N–H and O–H groups in total. The average molecular weight is 518 g/mol. The van der Waals surface area contributed by atoms with E-state index in [4.69, 9.17) is 4.74 Å².